The number of esters is 1. The molecule has 14 heavy (non-hydrogen) atoms. The number of rotatable bonds is 1. The van der Waals surface area contributed by atoms with Gasteiger partial charge in [-0.3, -0.25) is 0 Å². The molecular formula is C9H6FNO3. The van der Waals surface area contributed by atoms with Crippen LogP contribution < -0.4 is 0 Å². The number of ether oxygens (including phenoxy) is 1. The molecule has 0 aliphatic rings. The van der Waals surface area contributed by atoms with Crippen LogP contribution in [0.15, 0.2) is 12.1 Å². The molecule has 5 heteroatoms. The van der Waals surface area contributed by atoms with E-state index in [2.05, 4.69) is 4.74 Å². The summed E-state index contributed by atoms with van der Waals surface area (Å²) in [7, 11) is 1.06. The number of nitrogens with zero attached hydrogens (tertiary/aromatic N) is 1. The fourth-order valence-corrected chi connectivity index (χ4v) is 0.960. The Kier molecular flexibility index (Phi) is 2.67. The lowest BCUT2D eigenvalue weighted by molar-refractivity contribution is 0.0594. The number of phenolic OH excluding ortho intramolecular Hbond substituents is 1. The molecular weight excluding hydrogens is 189 g/mol. The summed E-state index contributed by atoms with van der Waals surface area (Å²) in [6, 6.07) is 3.77. The van der Waals surface area contributed by atoms with Crippen molar-refractivity contribution >= 4 is 5.97 Å². The largest absolute Gasteiger partial charge is 0.505 e. The minimum absolute atomic E-state index is 0.174. The fourth-order valence-electron chi connectivity index (χ4n) is 0.960. The van der Waals surface area contributed by atoms with E-state index in [0.717, 1.165) is 19.2 Å². The second-order valence-corrected chi connectivity index (χ2v) is 2.42. The number of halogens is 1. The van der Waals surface area contributed by atoms with Gasteiger partial charge in [0, 0.05) is 0 Å². The van der Waals surface area contributed by atoms with Crippen LogP contribution in [0.3, 0.4) is 0 Å². The molecule has 0 aromatic heterocycles. The molecule has 0 radical (unpaired) electrons. The third-order valence-corrected chi connectivity index (χ3v) is 1.63. The van der Waals surface area contributed by atoms with Crippen molar-refractivity contribution in [2.24, 2.45) is 0 Å². The van der Waals surface area contributed by atoms with Gasteiger partial charge in [0.05, 0.1) is 12.7 Å². The van der Waals surface area contributed by atoms with Crippen molar-refractivity contribution in [3.63, 3.8) is 0 Å². The predicted molar refractivity (Wildman–Crippen MR) is 44.1 cm³/mol. The average molecular weight is 195 g/mol. The predicted octanol–water partition coefficient (Wildman–Crippen LogP) is 1.19. The molecule has 0 amide bonds. The monoisotopic (exact) mass is 195 g/mol. The number of aromatic hydroxyl groups is 1. The van der Waals surface area contributed by atoms with E-state index in [4.69, 9.17) is 10.4 Å². The van der Waals surface area contributed by atoms with Gasteiger partial charge in [0.1, 0.15) is 11.6 Å². The molecule has 0 aliphatic carbocycles. The van der Waals surface area contributed by atoms with Gasteiger partial charge in [-0.15, -0.1) is 0 Å². The topological polar surface area (TPSA) is 70.3 Å². The minimum Gasteiger partial charge on any atom is -0.505 e. The maximum absolute atomic E-state index is 13.2. The second kappa shape index (κ2) is 3.75. The van der Waals surface area contributed by atoms with Crippen molar-refractivity contribution in [3.8, 4) is 11.8 Å². The molecule has 72 valence electrons. The molecule has 0 unspecified atom stereocenters. The second-order valence-electron chi connectivity index (χ2n) is 2.42. The van der Waals surface area contributed by atoms with E-state index < -0.39 is 23.1 Å². The molecule has 0 heterocycles. The van der Waals surface area contributed by atoms with Gasteiger partial charge in [-0.25, -0.2) is 9.18 Å². The zero-order chi connectivity index (χ0) is 10.7. The van der Waals surface area contributed by atoms with Gasteiger partial charge in [0.15, 0.2) is 11.6 Å². The summed E-state index contributed by atoms with van der Waals surface area (Å²) in [6.45, 7) is 0. The quantitative estimate of drug-likeness (QED) is 0.683. The summed E-state index contributed by atoms with van der Waals surface area (Å²) in [6.07, 6.45) is 0. The molecule has 0 spiro atoms. The molecule has 0 aliphatic heterocycles. The van der Waals surface area contributed by atoms with Crippen molar-refractivity contribution in [2.75, 3.05) is 7.11 Å². The number of benzene rings is 1. The number of carbonyl (C=O) groups is 1. The lowest BCUT2D eigenvalue weighted by atomic mass is 10.1. The molecule has 1 aromatic rings. The van der Waals surface area contributed by atoms with Crippen molar-refractivity contribution in [1.82, 2.24) is 0 Å². The van der Waals surface area contributed by atoms with E-state index in [9.17, 15) is 9.18 Å². The van der Waals surface area contributed by atoms with Gasteiger partial charge >= 0.3 is 5.97 Å². The van der Waals surface area contributed by atoms with Gasteiger partial charge in [-0.1, -0.05) is 0 Å². The minimum atomic E-state index is -1.14. The van der Waals surface area contributed by atoms with Crippen molar-refractivity contribution < 1.29 is 19.0 Å². The molecule has 0 saturated carbocycles. The molecule has 1 rings (SSSR count). The summed E-state index contributed by atoms with van der Waals surface area (Å²) >= 11 is 0. The van der Waals surface area contributed by atoms with Crippen LogP contribution in [-0.2, 0) is 4.74 Å². The Morgan fingerprint density at radius 3 is 2.79 bits per heavy atom. The number of carbonyl (C=O) groups excluding carboxylic acids is 1. The van der Waals surface area contributed by atoms with Crippen molar-refractivity contribution in [1.29, 1.82) is 5.26 Å². The van der Waals surface area contributed by atoms with Gasteiger partial charge in [0.2, 0.25) is 0 Å². The molecule has 1 N–H and O–H groups in total. The zero-order valence-corrected chi connectivity index (χ0v) is 7.24. The first kappa shape index (κ1) is 9.99. The van der Waals surface area contributed by atoms with Gasteiger partial charge in [0.25, 0.3) is 0 Å². The number of methoxy groups -OCH3 is 1. The highest BCUT2D eigenvalue weighted by molar-refractivity contribution is 5.93. The molecule has 0 atom stereocenters. The van der Waals surface area contributed by atoms with Crippen molar-refractivity contribution in [2.45, 2.75) is 0 Å². The van der Waals surface area contributed by atoms with E-state index in [0.29, 0.717) is 0 Å². The number of hydrogen-bond acceptors (Lipinski definition) is 4. The number of nitriles is 1. The Balaban J connectivity index is 3.45. The normalized spacial score (nSPS) is 9.21. The standard InChI is InChI=1S/C9H6FNO3/c1-14-9(13)7-5(4-11)2-3-6(12)8(7)10/h2-3,12H,1H3. The highest BCUT2D eigenvalue weighted by atomic mass is 19.1. The van der Waals surface area contributed by atoms with Gasteiger partial charge < -0.3 is 9.84 Å². The highest BCUT2D eigenvalue weighted by Crippen LogP contribution is 2.22. The average Bonchev–Trinajstić information content (AvgIpc) is 2.20. The van der Waals surface area contributed by atoms with Crippen LogP contribution in [0.2, 0.25) is 0 Å². The zero-order valence-electron chi connectivity index (χ0n) is 7.24. The smallest absolute Gasteiger partial charge is 0.342 e. The summed E-state index contributed by atoms with van der Waals surface area (Å²) < 4.78 is 17.5. The Morgan fingerprint density at radius 1 is 1.64 bits per heavy atom. The molecule has 4 nitrogen and oxygen atoms in total. The summed E-state index contributed by atoms with van der Waals surface area (Å²) in [5, 5.41) is 17.5. The van der Waals surface area contributed by atoms with E-state index >= 15 is 0 Å². The summed E-state index contributed by atoms with van der Waals surface area (Å²) in [5.41, 5.74) is -0.720. The van der Waals surface area contributed by atoms with E-state index in [1.807, 2.05) is 0 Å². The lowest BCUT2D eigenvalue weighted by Gasteiger charge is -2.04. The third kappa shape index (κ3) is 1.50. The first-order valence-electron chi connectivity index (χ1n) is 3.61. The van der Waals surface area contributed by atoms with Gasteiger partial charge in [-0.2, -0.15) is 5.26 Å². The van der Waals surface area contributed by atoms with Crippen LogP contribution in [-0.4, -0.2) is 18.2 Å². The SMILES string of the molecule is COC(=O)c1c(C#N)ccc(O)c1F. The maximum atomic E-state index is 13.2. The molecule has 0 fully saturated rings. The Morgan fingerprint density at radius 2 is 2.29 bits per heavy atom. The first-order valence-corrected chi connectivity index (χ1v) is 3.61. The highest BCUT2D eigenvalue weighted by Gasteiger charge is 2.20. The number of hydrogen-bond donors (Lipinski definition) is 1. The molecule has 0 saturated heterocycles. The van der Waals surface area contributed by atoms with Crippen LogP contribution in [0.25, 0.3) is 0 Å². The first-order chi connectivity index (χ1) is 6.61. The summed E-state index contributed by atoms with van der Waals surface area (Å²) in [5.74, 6) is -2.82. The fraction of sp³-hybridized carbons (Fsp3) is 0.111. The van der Waals surface area contributed by atoms with Crippen molar-refractivity contribution in [3.05, 3.63) is 29.1 Å². The Hall–Kier alpha value is -2.09. The Bertz CT molecular complexity index is 423. The van der Waals surface area contributed by atoms with E-state index in [-0.39, 0.29) is 5.56 Å². The van der Waals surface area contributed by atoms with Crippen LogP contribution in [0.4, 0.5) is 4.39 Å². The van der Waals surface area contributed by atoms with E-state index in [1.165, 1.54) is 0 Å². The lowest BCUT2D eigenvalue weighted by Crippen LogP contribution is -2.07. The van der Waals surface area contributed by atoms with Crippen LogP contribution in [0.5, 0.6) is 5.75 Å². The molecule has 1 aromatic carbocycles. The van der Waals surface area contributed by atoms with Crippen LogP contribution in [0.1, 0.15) is 15.9 Å². The molecule has 0 bridgehead atoms. The van der Waals surface area contributed by atoms with E-state index in [1.54, 1.807) is 6.07 Å². The maximum Gasteiger partial charge on any atom is 0.342 e. The van der Waals surface area contributed by atoms with Crippen LogP contribution >= 0.6 is 0 Å². The number of phenols is 1. The summed E-state index contributed by atoms with van der Waals surface area (Å²) in [4.78, 5) is 11.0. The third-order valence-electron chi connectivity index (χ3n) is 1.63. The van der Waals surface area contributed by atoms with Crippen LogP contribution in [0, 0.1) is 17.1 Å². The Labute approximate surface area is 79.2 Å². The van der Waals surface area contributed by atoms with Gasteiger partial charge in [-0.05, 0) is 12.1 Å².